The molecule has 4 nitrogen and oxygen atoms in total. The zero-order chi connectivity index (χ0) is 19.1. The average molecular weight is 391 g/mol. The summed E-state index contributed by atoms with van der Waals surface area (Å²) in [5, 5.41) is 0. The van der Waals surface area contributed by atoms with Gasteiger partial charge < -0.3 is 4.48 Å². The van der Waals surface area contributed by atoms with Crippen LogP contribution in [0.1, 0.15) is 103 Å². The van der Waals surface area contributed by atoms with Gasteiger partial charge >= 0.3 is 0 Å². The highest BCUT2D eigenvalue weighted by Crippen LogP contribution is 2.22. The van der Waals surface area contributed by atoms with Crippen molar-refractivity contribution in [3.63, 3.8) is 0 Å². The largest absolute Gasteiger partial charge is 0.324 e. The Balaban J connectivity index is 2.13. The van der Waals surface area contributed by atoms with Crippen molar-refractivity contribution >= 4 is 10.1 Å². The molecule has 0 aromatic heterocycles. The van der Waals surface area contributed by atoms with Gasteiger partial charge in [-0.25, -0.2) is 0 Å². The van der Waals surface area contributed by atoms with Crippen molar-refractivity contribution in [3.8, 4) is 0 Å². The van der Waals surface area contributed by atoms with Crippen LogP contribution in [0.5, 0.6) is 0 Å². The van der Waals surface area contributed by atoms with Gasteiger partial charge in [0.25, 0.3) is 10.1 Å². The van der Waals surface area contributed by atoms with Gasteiger partial charge in [0.15, 0.2) is 0 Å². The van der Waals surface area contributed by atoms with E-state index in [4.69, 9.17) is 4.55 Å². The monoisotopic (exact) mass is 390 g/mol. The maximum absolute atomic E-state index is 10.9. The average Bonchev–Trinajstić information content (AvgIpc) is 2.61. The highest BCUT2D eigenvalue weighted by Gasteiger charge is 2.28. The molecule has 0 unspecified atom stereocenters. The molecule has 1 saturated heterocycles. The predicted molar refractivity (Wildman–Crippen MR) is 111 cm³/mol. The second-order valence-electron chi connectivity index (χ2n) is 8.47. The predicted octanol–water partition coefficient (Wildman–Crippen LogP) is 5.58. The minimum absolute atomic E-state index is 0.0781. The number of unbranched alkanes of at least 4 members (excludes halogenated alkanes) is 10. The molecule has 0 bridgehead atoms. The number of piperidine rings is 1. The summed E-state index contributed by atoms with van der Waals surface area (Å²) in [4.78, 5) is 0. The van der Waals surface area contributed by atoms with Gasteiger partial charge in [0.2, 0.25) is 0 Å². The molecule has 1 heterocycles. The third-order valence-electron chi connectivity index (χ3n) is 6.04. The first kappa shape index (κ1) is 23.9. The lowest BCUT2D eigenvalue weighted by molar-refractivity contribution is -0.932. The van der Waals surface area contributed by atoms with Crippen LogP contribution < -0.4 is 0 Å². The lowest BCUT2D eigenvalue weighted by atomic mass is 10.0. The number of quaternary nitrogens is 1. The third-order valence-corrected chi connectivity index (χ3v) is 6.84. The van der Waals surface area contributed by atoms with Gasteiger partial charge in [-0.2, -0.15) is 8.42 Å². The summed E-state index contributed by atoms with van der Waals surface area (Å²) in [6, 6.07) is 0. The molecular formula is C21H44NO3S+. The topological polar surface area (TPSA) is 54.4 Å². The molecule has 0 spiro atoms. The van der Waals surface area contributed by atoms with Crippen molar-refractivity contribution in [1.29, 1.82) is 0 Å². The van der Waals surface area contributed by atoms with Crippen LogP contribution in [0.3, 0.4) is 0 Å². The fourth-order valence-corrected chi connectivity index (χ4v) is 4.98. The van der Waals surface area contributed by atoms with Crippen molar-refractivity contribution in [2.24, 2.45) is 0 Å². The fraction of sp³-hybridized carbons (Fsp3) is 1.00. The summed E-state index contributed by atoms with van der Waals surface area (Å²) in [5.74, 6) is -0.0781. The SMILES string of the molecule is CCCCCCCCCCCC[N+]1(CCCCS(=O)(=O)O)CCCCC1. The lowest BCUT2D eigenvalue weighted by Crippen LogP contribution is -2.52. The molecule has 0 aliphatic carbocycles. The Morgan fingerprint density at radius 1 is 0.692 bits per heavy atom. The van der Waals surface area contributed by atoms with E-state index in [9.17, 15) is 8.42 Å². The first-order chi connectivity index (χ1) is 12.5. The lowest BCUT2D eigenvalue weighted by Gasteiger charge is -2.42. The molecule has 156 valence electrons. The van der Waals surface area contributed by atoms with Crippen molar-refractivity contribution in [2.45, 2.75) is 103 Å². The molecular weight excluding hydrogens is 346 g/mol. The van der Waals surface area contributed by atoms with Crippen LogP contribution in [-0.2, 0) is 10.1 Å². The molecule has 1 N–H and O–H groups in total. The van der Waals surface area contributed by atoms with Gasteiger partial charge in [0.1, 0.15) is 0 Å². The van der Waals surface area contributed by atoms with Gasteiger partial charge in [-0.1, -0.05) is 58.3 Å². The summed E-state index contributed by atoms with van der Waals surface area (Å²) < 4.78 is 31.9. The maximum atomic E-state index is 10.9. The number of hydrogen-bond acceptors (Lipinski definition) is 2. The van der Waals surface area contributed by atoms with Gasteiger partial charge in [-0.05, 0) is 44.9 Å². The minimum Gasteiger partial charge on any atom is -0.324 e. The molecule has 0 atom stereocenters. The summed E-state index contributed by atoms with van der Waals surface area (Å²) in [6.07, 6.45) is 19.3. The molecule has 1 fully saturated rings. The second-order valence-corrected chi connectivity index (χ2v) is 10.0. The van der Waals surface area contributed by atoms with E-state index in [2.05, 4.69) is 6.92 Å². The van der Waals surface area contributed by atoms with Crippen molar-refractivity contribution in [1.82, 2.24) is 0 Å². The Morgan fingerprint density at radius 3 is 1.65 bits per heavy atom. The molecule has 5 heteroatoms. The molecule has 0 aromatic carbocycles. The summed E-state index contributed by atoms with van der Waals surface area (Å²) in [6.45, 7) is 7.16. The van der Waals surface area contributed by atoms with E-state index in [1.807, 2.05) is 0 Å². The molecule has 0 radical (unpaired) electrons. The third kappa shape index (κ3) is 12.3. The number of nitrogens with zero attached hydrogens (tertiary/aromatic N) is 1. The van der Waals surface area contributed by atoms with E-state index in [0.717, 1.165) is 13.0 Å². The van der Waals surface area contributed by atoms with Crippen molar-refractivity contribution < 1.29 is 17.5 Å². The van der Waals surface area contributed by atoms with E-state index in [-0.39, 0.29) is 5.75 Å². The van der Waals surface area contributed by atoms with E-state index in [1.165, 1.54) is 108 Å². The van der Waals surface area contributed by atoms with Crippen LogP contribution in [0.15, 0.2) is 0 Å². The Morgan fingerprint density at radius 2 is 1.15 bits per heavy atom. The normalized spacial score (nSPS) is 17.5. The molecule has 0 amide bonds. The van der Waals surface area contributed by atoms with Gasteiger partial charge in [0.05, 0.1) is 31.9 Å². The van der Waals surface area contributed by atoms with Crippen LogP contribution in [-0.4, -0.2) is 49.4 Å². The van der Waals surface area contributed by atoms with Gasteiger partial charge in [-0.15, -0.1) is 0 Å². The Kier molecular flexibility index (Phi) is 12.8. The summed E-state index contributed by atoms with van der Waals surface area (Å²) in [5.41, 5.74) is 0. The van der Waals surface area contributed by atoms with Crippen LogP contribution in [0.4, 0.5) is 0 Å². The number of hydrogen-bond donors (Lipinski definition) is 1. The van der Waals surface area contributed by atoms with Crippen molar-refractivity contribution in [2.75, 3.05) is 31.9 Å². The Labute approximate surface area is 163 Å². The molecule has 1 aliphatic heterocycles. The highest BCUT2D eigenvalue weighted by atomic mass is 32.2. The zero-order valence-corrected chi connectivity index (χ0v) is 18.1. The molecule has 0 aromatic rings. The number of rotatable bonds is 16. The summed E-state index contributed by atoms with van der Waals surface area (Å²) >= 11 is 0. The van der Waals surface area contributed by atoms with Crippen molar-refractivity contribution in [3.05, 3.63) is 0 Å². The molecule has 0 saturated carbocycles. The van der Waals surface area contributed by atoms with Gasteiger partial charge in [0, 0.05) is 0 Å². The second kappa shape index (κ2) is 14.0. The fourth-order valence-electron chi connectivity index (χ4n) is 4.41. The Hall–Kier alpha value is -0.130. The van der Waals surface area contributed by atoms with Crippen LogP contribution >= 0.6 is 0 Å². The van der Waals surface area contributed by atoms with E-state index >= 15 is 0 Å². The molecule has 1 aliphatic rings. The van der Waals surface area contributed by atoms with E-state index in [0.29, 0.717) is 6.42 Å². The van der Waals surface area contributed by atoms with Crippen LogP contribution in [0, 0.1) is 0 Å². The first-order valence-corrected chi connectivity index (χ1v) is 12.9. The van der Waals surface area contributed by atoms with Gasteiger partial charge in [-0.3, -0.25) is 4.55 Å². The number of likely N-dealkylation sites (tertiary alicyclic amines) is 1. The minimum atomic E-state index is -3.79. The highest BCUT2D eigenvalue weighted by molar-refractivity contribution is 7.85. The van der Waals surface area contributed by atoms with E-state index < -0.39 is 10.1 Å². The molecule has 1 rings (SSSR count). The maximum Gasteiger partial charge on any atom is 0.264 e. The van der Waals surface area contributed by atoms with Crippen LogP contribution in [0.2, 0.25) is 0 Å². The molecule has 26 heavy (non-hydrogen) atoms. The summed E-state index contributed by atoms with van der Waals surface area (Å²) in [7, 11) is -3.79. The quantitative estimate of drug-likeness (QED) is 0.213. The standard InChI is InChI=1S/C21H43NO3S/c1-2-3-4-5-6-7-8-9-10-12-17-22(18-13-11-14-19-22)20-15-16-21-26(23,24)25/h2-21H2,1H3/p+1. The first-order valence-electron chi connectivity index (χ1n) is 11.3. The van der Waals surface area contributed by atoms with Crippen LogP contribution in [0.25, 0.3) is 0 Å². The van der Waals surface area contributed by atoms with E-state index in [1.54, 1.807) is 0 Å². The zero-order valence-electron chi connectivity index (χ0n) is 17.3. The Bertz CT molecular complexity index is 431. The smallest absolute Gasteiger partial charge is 0.264 e.